The number of methoxy groups -OCH3 is 4. The van der Waals surface area contributed by atoms with Gasteiger partial charge in [-0.1, -0.05) is 231 Å². The molecule has 0 spiro atoms. The summed E-state index contributed by atoms with van der Waals surface area (Å²) in [7, 11) is 6.92. The van der Waals surface area contributed by atoms with E-state index in [0.717, 1.165) is 143 Å². The third kappa shape index (κ3) is 8.81. The summed E-state index contributed by atoms with van der Waals surface area (Å²) in [6.07, 6.45) is 0. The van der Waals surface area contributed by atoms with Crippen molar-refractivity contribution in [3.63, 3.8) is 0 Å². The fourth-order valence-corrected chi connectivity index (χ4v) is 21.6. The second kappa shape index (κ2) is 23.7. The number of ether oxygens (including phenoxy) is 4. The fraction of sp³-hybridized carbons (Fsp3) is 0.0625. The summed E-state index contributed by atoms with van der Waals surface area (Å²) in [6.45, 7) is 0. The number of nitrogens with zero attached hydrogens (tertiary/aromatic N) is 2. The number of hydrogen-bond donors (Lipinski definition) is 0. The molecule has 2 aliphatic carbocycles. The zero-order valence-corrected chi connectivity index (χ0v) is 60.1. The molecule has 0 amide bonds. The van der Waals surface area contributed by atoms with Crippen molar-refractivity contribution < 1.29 is 18.9 Å². The van der Waals surface area contributed by atoms with Gasteiger partial charge >= 0.3 is 0 Å². The molecule has 21 rings (SSSR count). The first-order chi connectivity index (χ1) is 51.8. The molecule has 15 aromatic carbocycles. The highest BCUT2D eigenvalue weighted by molar-refractivity contribution is 7.26. The smallest absolute Gasteiger partial charge is 0.118 e. The van der Waals surface area contributed by atoms with Crippen molar-refractivity contribution in [3.05, 3.63) is 348 Å². The summed E-state index contributed by atoms with van der Waals surface area (Å²) >= 11 is 5.53. The number of rotatable bonds is 12. The van der Waals surface area contributed by atoms with Gasteiger partial charge in [-0.15, -0.1) is 34.0 Å². The van der Waals surface area contributed by atoms with E-state index in [4.69, 9.17) is 28.9 Å². The Kier molecular flexibility index (Phi) is 13.8. The molecule has 0 unspecified atom stereocenters. The molecule has 0 aliphatic heterocycles. The van der Waals surface area contributed by atoms with Crippen LogP contribution in [-0.2, 0) is 10.8 Å². The molecule has 498 valence electrons. The highest BCUT2D eigenvalue weighted by atomic mass is 32.1. The molecule has 0 atom stereocenters. The summed E-state index contributed by atoms with van der Waals surface area (Å²) in [6, 6.07) is 112. The maximum Gasteiger partial charge on any atom is 0.118 e. The van der Waals surface area contributed by atoms with E-state index in [1.165, 1.54) is 73.7 Å². The van der Waals surface area contributed by atoms with Crippen molar-refractivity contribution in [2.45, 2.75) is 10.8 Å². The van der Waals surface area contributed by atoms with Crippen LogP contribution in [0.3, 0.4) is 0 Å². The average Bonchev–Trinajstić information content (AvgIpc) is 1.55. The summed E-state index contributed by atoms with van der Waals surface area (Å²) in [5.74, 6) is 3.18. The van der Waals surface area contributed by atoms with Gasteiger partial charge in [0.2, 0.25) is 0 Å². The maximum atomic E-state index is 6.27. The van der Waals surface area contributed by atoms with Crippen molar-refractivity contribution in [2.24, 2.45) is 0 Å². The summed E-state index contributed by atoms with van der Waals surface area (Å²) in [5, 5.41) is 9.40. The predicted molar refractivity (Wildman–Crippen MR) is 438 cm³/mol. The van der Waals surface area contributed by atoms with E-state index in [9.17, 15) is 0 Å². The quantitative estimate of drug-likeness (QED) is 0.114. The lowest BCUT2D eigenvalue weighted by atomic mass is 9.67. The van der Waals surface area contributed by atoms with Gasteiger partial charge in [0.05, 0.1) is 60.1 Å². The van der Waals surface area contributed by atoms with Crippen LogP contribution in [0.15, 0.2) is 303 Å². The Morgan fingerprint density at radius 3 is 0.962 bits per heavy atom. The molecule has 6 nitrogen and oxygen atoms in total. The van der Waals surface area contributed by atoms with E-state index < -0.39 is 10.8 Å². The minimum atomic E-state index is -0.751. The highest BCUT2D eigenvalue weighted by Crippen LogP contribution is 2.63. The van der Waals surface area contributed by atoms with Gasteiger partial charge in [-0.3, -0.25) is 0 Å². The molecule has 19 aromatic rings. The van der Waals surface area contributed by atoms with E-state index >= 15 is 0 Å². The van der Waals surface area contributed by atoms with E-state index in [0.29, 0.717) is 0 Å². The molecule has 0 saturated carbocycles. The van der Waals surface area contributed by atoms with Crippen LogP contribution in [0.1, 0.15) is 44.5 Å². The van der Waals surface area contributed by atoms with Gasteiger partial charge in [0, 0.05) is 62.2 Å². The van der Waals surface area contributed by atoms with Crippen LogP contribution < -0.4 is 18.9 Å². The minimum Gasteiger partial charge on any atom is -0.497 e. The lowest BCUT2D eigenvalue weighted by molar-refractivity contribution is 0.414. The van der Waals surface area contributed by atoms with E-state index in [-0.39, 0.29) is 0 Å². The lowest BCUT2D eigenvalue weighted by Crippen LogP contribution is -2.28. The summed E-state index contributed by atoms with van der Waals surface area (Å²) < 4.78 is 28.5. The predicted octanol–water partition coefficient (Wildman–Crippen LogP) is 25.3. The second-order valence-corrected chi connectivity index (χ2v) is 30.5. The zero-order valence-electron chi connectivity index (χ0n) is 57.6. The zero-order chi connectivity index (χ0) is 69.8. The maximum absolute atomic E-state index is 6.27. The van der Waals surface area contributed by atoms with Crippen LogP contribution in [0.2, 0.25) is 0 Å². The first-order valence-electron chi connectivity index (χ1n) is 35.4. The molecule has 0 bridgehead atoms. The van der Waals surface area contributed by atoms with Gasteiger partial charge in [0.15, 0.2) is 0 Å². The first-order valence-corrected chi connectivity index (χ1v) is 37.8. The van der Waals surface area contributed by atoms with Crippen LogP contribution in [-0.4, -0.2) is 38.4 Å². The van der Waals surface area contributed by atoms with Gasteiger partial charge in [-0.25, -0.2) is 9.97 Å². The Morgan fingerprint density at radius 2 is 0.571 bits per heavy atom. The van der Waals surface area contributed by atoms with Gasteiger partial charge in [-0.2, -0.15) is 0 Å². The topological polar surface area (TPSA) is 62.7 Å². The molecule has 105 heavy (non-hydrogen) atoms. The SMILES string of the molecule is COc1ccc(C2(c3ccc(OC)cc3)c3ccccc3-c3c(-c4sc(-c5cccc6c5-c5ccccc5C6(c5ccc(OC)cc5)c5ccc(OC)cc5)c5nc6c7ccc(-c8cccc9c8sc8ccccc89)cc7c7cc(-c8cccc9c8sc8ccccc89)ccc7c6nc45)cccc32)cc1. The lowest BCUT2D eigenvalue weighted by Gasteiger charge is -2.34. The highest BCUT2D eigenvalue weighted by Gasteiger charge is 2.49. The second-order valence-electron chi connectivity index (χ2n) is 27.4. The Labute approximate surface area is 617 Å². The van der Waals surface area contributed by atoms with E-state index in [2.05, 4.69) is 303 Å². The molecule has 4 aromatic heterocycles. The molecular weight excluding hydrogens is 1340 g/mol. The molecule has 4 heterocycles. The van der Waals surface area contributed by atoms with Crippen molar-refractivity contribution in [2.75, 3.05) is 28.4 Å². The molecule has 2 aliphatic rings. The molecule has 0 fully saturated rings. The Morgan fingerprint density at radius 1 is 0.248 bits per heavy atom. The standard InChI is InChI=1S/C96H62N2O4S3/c1-99-61-43-35-57(36-44-61)95(58-37-45-62(100-2)46-38-58)79-27-9-5-19-73(79)85-75(25-15-29-81(85)95)93-89-90(94(105-93)76-26-16-30-82-86(76)74-20-6-10-28-80(74)96(82,59-39-47-63(101-3)48-40-59)60-41-49-64(102-4)50-42-60)98-88-70-52-34-56(66-22-14-24-72-68-18-8-12-32-84(68)104-92(66)72)54-78(70)77-53-55(33-51-69(77)87(88)97-89)65-21-13-23-71-67-17-7-11-31-83(67)103-91(65)71/h5-54H,1-4H3. The van der Waals surface area contributed by atoms with Gasteiger partial charge in [0.25, 0.3) is 0 Å². The number of fused-ring (bicyclic) bond motifs is 19. The Hall–Kier alpha value is -12.2. The normalized spacial score (nSPS) is 13.3. The average molecular weight is 1400 g/mol. The summed E-state index contributed by atoms with van der Waals surface area (Å²) in [5.41, 5.74) is 22.6. The number of benzene rings is 15. The van der Waals surface area contributed by atoms with Crippen LogP contribution in [0.25, 0.3) is 149 Å². The van der Waals surface area contributed by atoms with Crippen molar-refractivity contribution in [1.29, 1.82) is 0 Å². The van der Waals surface area contributed by atoms with Crippen molar-refractivity contribution >= 4 is 118 Å². The van der Waals surface area contributed by atoms with E-state index in [1.807, 2.05) is 22.7 Å². The number of thiophene rings is 3. The number of hydrogen-bond acceptors (Lipinski definition) is 9. The van der Waals surface area contributed by atoms with Gasteiger partial charge in [-0.05, 0) is 173 Å². The first kappa shape index (κ1) is 61.4. The number of aromatic nitrogens is 2. The largest absolute Gasteiger partial charge is 0.497 e. The monoisotopic (exact) mass is 1400 g/mol. The van der Waals surface area contributed by atoms with Crippen LogP contribution in [0.5, 0.6) is 23.0 Å². The Bertz CT molecular complexity index is 6320. The van der Waals surface area contributed by atoms with Crippen molar-refractivity contribution in [3.8, 4) is 88.4 Å². The third-order valence-electron chi connectivity index (χ3n) is 22.5. The third-order valence-corrected chi connectivity index (χ3v) is 26.2. The molecule has 0 radical (unpaired) electrons. The minimum absolute atomic E-state index is 0.751. The molecule has 0 N–H and O–H groups in total. The van der Waals surface area contributed by atoms with Gasteiger partial charge in [0.1, 0.15) is 34.0 Å². The van der Waals surface area contributed by atoms with Crippen molar-refractivity contribution in [1.82, 2.24) is 9.97 Å². The summed E-state index contributed by atoms with van der Waals surface area (Å²) in [4.78, 5) is 14.6. The van der Waals surface area contributed by atoms with Crippen LogP contribution in [0.4, 0.5) is 0 Å². The molecule has 0 saturated heterocycles. The molecule has 9 heteroatoms. The van der Waals surface area contributed by atoms with Crippen LogP contribution >= 0.6 is 34.0 Å². The van der Waals surface area contributed by atoms with E-state index in [1.54, 1.807) is 39.8 Å². The van der Waals surface area contributed by atoms with Gasteiger partial charge < -0.3 is 18.9 Å². The molecular formula is C96H62N2O4S3. The fourth-order valence-electron chi connectivity index (χ4n) is 17.9. The van der Waals surface area contributed by atoms with Crippen LogP contribution in [0, 0.1) is 0 Å². The Balaban J connectivity index is 0.886.